The molecule has 2 fully saturated rings. The fourth-order valence-electron chi connectivity index (χ4n) is 4.23. The van der Waals surface area contributed by atoms with Gasteiger partial charge >= 0.3 is 0 Å². The zero-order valence-electron chi connectivity index (χ0n) is 17.7. The van der Waals surface area contributed by atoms with Crippen LogP contribution in [-0.4, -0.2) is 51.1 Å². The van der Waals surface area contributed by atoms with Crippen LogP contribution in [0.5, 0.6) is 0 Å². The van der Waals surface area contributed by atoms with Crippen LogP contribution in [0, 0.1) is 0 Å². The van der Waals surface area contributed by atoms with Gasteiger partial charge in [-0.25, -0.2) is 19.9 Å². The maximum Gasteiger partial charge on any atom is 0.162 e. The van der Waals surface area contributed by atoms with E-state index in [0.717, 1.165) is 54.3 Å². The Morgan fingerprint density at radius 3 is 2.62 bits per heavy atom. The quantitative estimate of drug-likeness (QED) is 0.503. The lowest BCUT2D eigenvalue weighted by Crippen LogP contribution is -2.44. The summed E-state index contributed by atoms with van der Waals surface area (Å²) in [4.78, 5) is 25.7. The Morgan fingerprint density at radius 2 is 1.81 bits per heavy atom. The largest absolute Gasteiger partial charge is 0.353 e. The van der Waals surface area contributed by atoms with Gasteiger partial charge in [-0.1, -0.05) is 6.07 Å². The van der Waals surface area contributed by atoms with Gasteiger partial charge in [0.05, 0.1) is 11.7 Å². The monoisotopic (exact) mass is 424 g/mol. The van der Waals surface area contributed by atoms with E-state index in [1.165, 1.54) is 18.4 Å². The Hall–Kier alpha value is -3.65. The molecule has 160 valence electrons. The van der Waals surface area contributed by atoms with Crippen LogP contribution < -0.4 is 15.5 Å². The SMILES string of the molecule is c1ccc(Nc2cc(-c3nc(N4CCNCC4)c4c(C5CC5)cncc4n3)ccn2)nc1. The van der Waals surface area contributed by atoms with Gasteiger partial charge in [0.2, 0.25) is 0 Å². The van der Waals surface area contributed by atoms with Crippen LogP contribution in [0.1, 0.15) is 24.3 Å². The first kappa shape index (κ1) is 19.1. The lowest BCUT2D eigenvalue weighted by atomic mass is 10.1. The van der Waals surface area contributed by atoms with Gasteiger partial charge in [-0.05, 0) is 48.6 Å². The van der Waals surface area contributed by atoms with Crippen molar-refractivity contribution in [2.24, 2.45) is 0 Å². The first-order valence-electron chi connectivity index (χ1n) is 11.1. The van der Waals surface area contributed by atoms with Crippen LogP contribution in [0.2, 0.25) is 0 Å². The zero-order valence-corrected chi connectivity index (χ0v) is 17.7. The minimum atomic E-state index is 0.581. The van der Waals surface area contributed by atoms with Crippen molar-refractivity contribution in [1.29, 1.82) is 0 Å². The molecular weight excluding hydrogens is 400 g/mol. The molecule has 0 amide bonds. The Bertz CT molecular complexity index is 1250. The van der Waals surface area contributed by atoms with Crippen LogP contribution >= 0.6 is 0 Å². The minimum Gasteiger partial charge on any atom is -0.353 e. The summed E-state index contributed by atoms with van der Waals surface area (Å²) < 4.78 is 0. The second kappa shape index (κ2) is 8.12. The molecule has 32 heavy (non-hydrogen) atoms. The van der Waals surface area contributed by atoms with Crippen molar-refractivity contribution in [1.82, 2.24) is 30.2 Å². The maximum atomic E-state index is 5.10. The first-order chi connectivity index (χ1) is 15.8. The van der Waals surface area contributed by atoms with E-state index in [-0.39, 0.29) is 0 Å². The highest BCUT2D eigenvalue weighted by molar-refractivity contribution is 5.94. The van der Waals surface area contributed by atoms with Crippen LogP contribution in [0.3, 0.4) is 0 Å². The summed E-state index contributed by atoms with van der Waals surface area (Å²) in [6, 6.07) is 9.66. The van der Waals surface area contributed by atoms with E-state index in [9.17, 15) is 0 Å². The average Bonchev–Trinajstić information content (AvgIpc) is 3.70. The number of hydrogen-bond donors (Lipinski definition) is 2. The second-order valence-corrected chi connectivity index (χ2v) is 8.27. The van der Waals surface area contributed by atoms with Gasteiger partial charge in [0.25, 0.3) is 0 Å². The third kappa shape index (κ3) is 3.73. The summed E-state index contributed by atoms with van der Waals surface area (Å²) in [7, 11) is 0. The molecule has 5 heterocycles. The Morgan fingerprint density at radius 1 is 0.938 bits per heavy atom. The molecule has 1 saturated heterocycles. The molecule has 0 unspecified atom stereocenters. The lowest BCUT2D eigenvalue weighted by molar-refractivity contribution is 0.586. The van der Waals surface area contributed by atoms with Crippen LogP contribution in [0.15, 0.2) is 55.1 Å². The first-order valence-corrected chi connectivity index (χ1v) is 11.1. The lowest BCUT2D eigenvalue weighted by Gasteiger charge is -2.30. The van der Waals surface area contributed by atoms with Gasteiger partial charge in [-0.3, -0.25) is 4.98 Å². The maximum absolute atomic E-state index is 5.10. The Labute approximate surface area is 186 Å². The molecule has 6 rings (SSSR count). The molecule has 4 aromatic heterocycles. The smallest absolute Gasteiger partial charge is 0.162 e. The van der Waals surface area contributed by atoms with E-state index < -0.39 is 0 Å². The summed E-state index contributed by atoms with van der Waals surface area (Å²) >= 11 is 0. The number of nitrogens with one attached hydrogen (secondary N) is 2. The highest BCUT2D eigenvalue weighted by Gasteiger charge is 2.29. The fourth-order valence-corrected chi connectivity index (χ4v) is 4.23. The molecule has 4 aromatic rings. The Balaban J connectivity index is 1.45. The summed E-state index contributed by atoms with van der Waals surface area (Å²) in [6.45, 7) is 3.78. The molecule has 1 saturated carbocycles. The van der Waals surface area contributed by atoms with Crippen LogP contribution in [-0.2, 0) is 0 Å². The predicted molar refractivity (Wildman–Crippen MR) is 125 cm³/mol. The molecule has 1 aliphatic carbocycles. The van der Waals surface area contributed by atoms with Crippen molar-refractivity contribution in [2.45, 2.75) is 18.8 Å². The average molecular weight is 425 g/mol. The van der Waals surface area contributed by atoms with Gasteiger partial charge in [0, 0.05) is 55.7 Å². The van der Waals surface area contributed by atoms with Crippen molar-refractivity contribution in [2.75, 3.05) is 36.4 Å². The molecule has 0 bridgehead atoms. The number of anilines is 3. The summed E-state index contributed by atoms with van der Waals surface area (Å²) in [5, 5.41) is 7.85. The molecule has 2 N–H and O–H groups in total. The molecule has 0 aromatic carbocycles. The number of hydrogen-bond acceptors (Lipinski definition) is 8. The molecule has 0 radical (unpaired) electrons. The van der Waals surface area contributed by atoms with Gasteiger partial charge in [-0.2, -0.15) is 0 Å². The van der Waals surface area contributed by atoms with E-state index in [0.29, 0.717) is 17.6 Å². The van der Waals surface area contributed by atoms with E-state index in [2.05, 4.69) is 30.5 Å². The normalized spacial score (nSPS) is 16.3. The van der Waals surface area contributed by atoms with Crippen LogP contribution in [0.4, 0.5) is 17.5 Å². The summed E-state index contributed by atoms with van der Waals surface area (Å²) in [6.07, 6.45) is 9.84. The van der Waals surface area contributed by atoms with Gasteiger partial charge in [-0.15, -0.1) is 0 Å². The van der Waals surface area contributed by atoms with E-state index in [1.807, 2.05) is 42.7 Å². The zero-order chi connectivity index (χ0) is 21.3. The summed E-state index contributed by atoms with van der Waals surface area (Å²) in [5.74, 6) is 3.74. The number of piperazine rings is 1. The molecule has 1 aliphatic heterocycles. The number of nitrogens with zero attached hydrogens (tertiary/aromatic N) is 6. The number of pyridine rings is 3. The highest BCUT2D eigenvalue weighted by Crippen LogP contribution is 2.44. The predicted octanol–water partition coefficient (Wildman–Crippen LogP) is 3.51. The van der Waals surface area contributed by atoms with Gasteiger partial charge < -0.3 is 15.5 Å². The molecule has 8 nitrogen and oxygen atoms in total. The van der Waals surface area contributed by atoms with Crippen molar-refractivity contribution in [3.63, 3.8) is 0 Å². The van der Waals surface area contributed by atoms with E-state index >= 15 is 0 Å². The van der Waals surface area contributed by atoms with Crippen molar-refractivity contribution in [3.05, 3.63) is 60.7 Å². The molecule has 0 spiro atoms. The van der Waals surface area contributed by atoms with Gasteiger partial charge in [0.1, 0.15) is 17.5 Å². The number of rotatable bonds is 5. The number of fused-ring (bicyclic) bond motifs is 1. The molecular formula is C24H24N8. The molecule has 8 heteroatoms. The van der Waals surface area contributed by atoms with Crippen molar-refractivity contribution < 1.29 is 0 Å². The third-order valence-corrected chi connectivity index (χ3v) is 5.99. The van der Waals surface area contributed by atoms with E-state index in [4.69, 9.17) is 9.97 Å². The molecule has 2 aliphatic rings. The highest BCUT2D eigenvalue weighted by atomic mass is 15.2. The Kier molecular flexibility index (Phi) is 4.84. The third-order valence-electron chi connectivity index (χ3n) is 5.99. The topological polar surface area (TPSA) is 91.8 Å². The van der Waals surface area contributed by atoms with Gasteiger partial charge in [0.15, 0.2) is 5.82 Å². The number of aromatic nitrogens is 5. The standard InChI is InChI=1S/C24H24N8/c1-2-7-27-20(3-1)30-21-13-17(6-8-28-21)23-29-19-15-26-14-18(16-4-5-16)22(19)24(31-23)32-11-9-25-10-12-32/h1-3,6-8,13-16,25H,4-5,9-12H2,(H,27,28,30). The summed E-state index contributed by atoms with van der Waals surface area (Å²) in [5.41, 5.74) is 3.10. The fraction of sp³-hybridized carbons (Fsp3) is 0.292. The van der Waals surface area contributed by atoms with Crippen LogP contribution in [0.25, 0.3) is 22.3 Å². The molecule has 0 atom stereocenters. The minimum absolute atomic E-state index is 0.581. The second-order valence-electron chi connectivity index (χ2n) is 8.27. The van der Waals surface area contributed by atoms with Crippen molar-refractivity contribution in [3.8, 4) is 11.4 Å². The van der Waals surface area contributed by atoms with Crippen molar-refractivity contribution >= 4 is 28.4 Å². The van der Waals surface area contributed by atoms with E-state index in [1.54, 1.807) is 12.4 Å².